The lowest BCUT2D eigenvalue weighted by Gasteiger charge is -2.36. The smallest absolute Gasteiger partial charge is 0.441 e. The number of hydrogen-bond donors (Lipinski definition) is 0. The zero-order chi connectivity index (χ0) is 31.5. The summed E-state index contributed by atoms with van der Waals surface area (Å²) in [5.74, 6) is -7.23. The number of rotatable bonds is 8. The Kier molecular flexibility index (Phi) is 8.12. The number of alkyl halides is 7. The van der Waals surface area contributed by atoms with E-state index in [9.17, 15) is 39.6 Å². The molecule has 7 nitrogen and oxygen atoms in total. The summed E-state index contributed by atoms with van der Waals surface area (Å²) >= 11 is 5.54. The first-order valence-electron chi connectivity index (χ1n) is 13.2. The fourth-order valence-electron chi connectivity index (χ4n) is 4.95. The zero-order valence-corrected chi connectivity index (χ0v) is 23.7. The van der Waals surface area contributed by atoms with Crippen LogP contribution >= 0.6 is 11.6 Å². The third kappa shape index (κ3) is 6.85. The van der Waals surface area contributed by atoms with Gasteiger partial charge in [-0.1, -0.05) is 11.6 Å². The molecule has 236 valence electrons. The van der Waals surface area contributed by atoms with E-state index in [1.165, 1.54) is 0 Å². The number of hydrogen-bond acceptors (Lipinski definition) is 6. The van der Waals surface area contributed by atoms with Gasteiger partial charge in [0, 0.05) is 38.5 Å². The van der Waals surface area contributed by atoms with Gasteiger partial charge < -0.3 is 4.74 Å². The molecule has 17 heteroatoms. The summed E-state index contributed by atoms with van der Waals surface area (Å²) in [7, 11) is -4.82. The molecule has 3 aliphatic rings. The molecule has 1 aliphatic heterocycles. The van der Waals surface area contributed by atoms with E-state index in [-0.39, 0.29) is 51.2 Å². The molecule has 2 heterocycles. The van der Waals surface area contributed by atoms with Crippen molar-refractivity contribution in [2.24, 2.45) is 0 Å². The normalized spacial score (nSPS) is 19.7. The first kappa shape index (κ1) is 31.7. The number of amides is 1. The second-order valence-corrected chi connectivity index (χ2v) is 13.3. The Bertz CT molecular complexity index is 1520. The predicted octanol–water partition coefficient (Wildman–Crippen LogP) is 6.50. The monoisotopic (exact) mass is 661 g/mol. The Morgan fingerprint density at radius 1 is 1.07 bits per heavy atom. The van der Waals surface area contributed by atoms with E-state index < -0.39 is 71.7 Å². The van der Waals surface area contributed by atoms with Gasteiger partial charge in [-0.3, -0.25) is 9.69 Å². The fraction of sp³-hybridized carbons (Fsp3) is 0.538. The van der Waals surface area contributed by atoms with E-state index in [0.717, 1.165) is 12.1 Å². The summed E-state index contributed by atoms with van der Waals surface area (Å²) in [6.45, 7) is 0.0377. The highest BCUT2D eigenvalue weighted by Gasteiger charge is 2.52. The second-order valence-electron chi connectivity index (χ2n) is 10.8. The van der Waals surface area contributed by atoms with Crippen LogP contribution in [-0.2, 0) is 27.5 Å². The van der Waals surface area contributed by atoms with Crippen LogP contribution in [0.3, 0.4) is 0 Å². The van der Waals surface area contributed by atoms with Crippen molar-refractivity contribution < 1.29 is 53.1 Å². The fourth-order valence-corrected chi connectivity index (χ4v) is 6.94. The molecule has 0 unspecified atom stereocenters. The van der Waals surface area contributed by atoms with E-state index in [1.54, 1.807) is 4.90 Å². The van der Waals surface area contributed by atoms with E-state index >= 15 is 8.78 Å². The Morgan fingerprint density at radius 3 is 2.23 bits per heavy atom. The van der Waals surface area contributed by atoms with Gasteiger partial charge in [0.15, 0.2) is 0 Å². The maximum atomic E-state index is 15.4. The van der Waals surface area contributed by atoms with Gasteiger partial charge in [0.05, 0.1) is 27.7 Å². The molecule has 1 aromatic carbocycles. The summed E-state index contributed by atoms with van der Waals surface area (Å²) in [5, 5.41) is -1.90. The molecule has 1 aromatic heterocycles. The number of sulfonamides is 1. The molecule has 0 N–H and O–H groups in total. The molecule has 2 aliphatic carbocycles. The number of ether oxygens (including phenoxy) is 1. The van der Waals surface area contributed by atoms with Crippen LogP contribution in [0.25, 0.3) is 0 Å². The number of halogens is 9. The Hall–Kier alpha value is -2.72. The van der Waals surface area contributed by atoms with Crippen molar-refractivity contribution in [1.82, 2.24) is 9.88 Å². The Labute approximate surface area is 245 Å². The molecule has 5 rings (SSSR count). The van der Waals surface area contributed by atoms with Crippen molar-refractivity contribution >= 4 is 33.2 Å². The number of benzene rings is 1. The first-order chi connectivity index (χ1) is 19.9. The van der Waals surface area contributed by atoms with Gasteiger partial charge in [0.2, 0.25) is 15.9 Å². The van der Waals surface area contributed by atoms with Crippen LogP contribution in [0.2, 0.25) is 5.02 Å². The molecule has 1 amide bonds. The predicted molar refractivity (Wildman–Crippen MR) is 137 cm³/mol. The van der Waals surface area contributed by atoms with Crippen LogP contribution in [0.15, 0.2) is 24.4 Å². The standard InChI is InChI=1S/C26H24ClF8N3O4S/c27-19-12-36-22(11-18(19)25(30,31)32)42-24(29)5-7-37(8-6-24)13-15-9-20(28)21(10-17(15)14-1-2-14)38(23(39)26(33,34)35)43(40,41)16-3-4-16/h9-12,14,16H,1-8,13H2. The number of anilines is 1. The lowest BCUT2D eigenvalue weighted by molar-refractivity contribution is -0.169. The van der Waals surface area contributed by atoms with E-state index in [0.29, 0.717) is 36.2 Å². The summed E-state index contributed by atoms with van der Waals surface area (Å²) in [4.78, 5) is 17.5. The van der Waals surface area contributed by atoms with E-state index in [4.69, 9.17) is 16.3 Å². The topological polar surface area (TPSA) is 79.8 Å². The van der Waals surface area contributed by atoms with Gasteiger partial charge >= 0.3 is 18.3 Å². The molecule has 1 saturated heterocycles. The van der Waals surface area contributed by atoms with Crippen molar-refractivity contribution in [3.05, 3.63) is 51.9 Å². The number of piperidine rings is 1. The van der Waals surface area contributed by atoms with Crippen molar-refractivity contribution in [3.8, 4) is 5.88 Å². The highest BCUT2D eigenvalue weighted by atomic mass is 35.5. The SMILES string of the molecule is O=C(N(c1cc(C2CC2)c(CN2CCC(F)(Oc3cc(C(F)(F)F)c(Cl)cn3)CC2)cc1F)S(=O)(=O)C1CC1)C(F)(F)F. The van der Waals surface area contributed by atoms with Crippen molar-refractivity contribution in [3.63, 3.8) is 0 Å². The molecule has 2 aromatic rings. The van der Waals surface area contributed by atoms with Crippen LogP contribution < -0.4 is 9.04 Å². The molecule has 2 saturated carbocycles. The van der Waals surface area contributed by atoms with Crippen LogP contribution in [0.1, 0.15) is 61.1 Å². The van der Waals surface area contributed by atoms with Crippen LogP contribution in [0.4, 0.5) is 40.8 Å². The number of aromatic nitrogens is 1. The van der Waals surface area contributed by atoms with Gasteiger partial charge in [-0.25, -0.2) is 17.8 Å². The summed E-state index contributed by atoms with van der Waals surface area (Å²) in [6.07, 6.45) is -8.97. The lowest BCUT2D eigenvalue weighted by Crippen LogP contribution is -2.47. The van der Waals surface area contributed by atoms with Crippen molar-refractivity contribution in [1.29, 1.82) is 0 Å². The van der Waals surface area contributed by atoms with Crippen LogP contribution in [-0.4, -0.2) is 54.6 Å². The summed E-state index contributed by atoms with van der Waals surface area (Å²) in [5.41, 5.74) is -1.53. The quantitative estimate of drug-likeness (QED) is 0.301. The number of pyridine rings is 1. The third-order valence-corrected chi connectivity index (χ3v) is 9.98. The summed E-state index contributed by atoms with van der Waals surface area (Å²) in [6, 6.07) is 2.37. The Balaban J connectivity index is 1.34. The van der Waals surface area contributed by atoms with Crippen LogP contribution in [0.5, 0.6) is 5.88 Å². The molecule has 0 radical (unpaired) electrons. The zero-order valence-electron chi connectivity index (χ0n) is 22.1. The minimum Gasteiger partial charge on any atom is -0.441 e. The second kappa shape index (κ2) is 11.0. The summed E-state index contributed by atoms with van der Waals surface area (Å²) < 4.78 is 141. The number of nitrogens with zero attached hydrogens (tertiary/aromatic N) is 3. The van der Waals surface area contributed by atoms with Gasteiger partial charge in [-0.05, 0) is 54.9 Å². The largest absolute Gasteiger partial charge is 0.472 e. The van der Waals surface area contributed by atoms with E-state index in [2.05, 4.69) is 4.98 Å². The maximum absolute atomic E-state index is 15.4. The van der Waals surface area contributed by atoms with Gasteiger partial charge in [0.1, 0.15) is 5.82 Å². The minimum atomic E-state index is -5.57. The molecule has 0 atom stereocenters. The first-order valence-corrected chi connectivity index (χ1v) is 15.1. The molecule has 0 bridgehead atoms. The number of carbonyl (C=O) groups is 1. The third-order valence-electron chi connectivity index (χ3n) is 7.49. The molecular weight excluding hydrogens is 638 g/mol. The number of likely N-dealkylation sites (tertiary alicyclic amines) is 1. The van der Waals surface area contributed by atoms with Gasteiger partial charge in [-0.15, -0.1) is 0 Å². The highest BCUT2D eigenvalue weighted by Crippen LogP contribution is 2.46. The molecule has 0 spiro atoms. The molecule has 3 fully saturated rings. The Morgan fingerprint density at radius 2 is 1.70 bits per heavy atom. The van der Waals surface area contributed by atoms with Crippen molar-refractivity contribution in [2.75, 3.05) is 17.4 Å². The molecule has 43 heavy (non-hydrogen) atoms. The average molecular weight is 662 g/mol. The van der Waals surface area contributed by atoms with E-state index in [1.807, 2.05) is 0 Å². The van der Waals surface area contributed by atoms with Gasteiger partial charge in [-0.2, -0.15) is 35.0 Å². The highest BCUT2D eigenvalue weighted by molar-refractivity contribution is 7.94. The average Bonchev–Trinajstić information content (AvgIpc) is 3.79. The lowest BCUT2D eigenvalue weighted by atomic mass is 9.99. The van der Waals surface area contributed by atoms with Gasteiger partial charge in [0.25, 0.3) is 5.85 Å². The van der Waals surface area contributed by atoms with Crippen molar-refractivity contribution in [2.45, 2.75) is 74.4 Å². The maximum Gasteiger partial charge on any atom is 0.472 e. The number of carbonyl (C=O) groups excluding carboxylic acids is 1. The van der Waals surface area contributed by atoms with Crippen LogP contribution in [0, 0.1) is 5.82 Å². The minimum absolute atomic E-state index is 0.0123. The molecular formula is C26H24ClF8N3O4S.